The monoisotopic (exact) mass is 215 g/mol. The van der Waals surface area contributed by atoms with Gasteiger partial charge in [-0.25, -0.2) is 0 Å². The van der Waals surface area contributed by atoms with Crippen LogP contribution in [0.15, 0.2) is 30.9 Å². The molecule has 0 saturated carbocycles. The molecule has 0 fully saturated rings. The second kappa shape index (κ2) is 4.54. The molecule has 0 aromatic heterocycles. The fraction of sp³-hybridized carbons (Fsp3) is 0.200. The minimum Gasteiger partial charge on any atom is -0.379 e. The summed E-state index contributed by atoms with van der Waals surface area (Å²) < 4.78 is 0. The van der Waals surface area contributed by atoms with Gasteiger partial charge in [-0.3, -0.25) is 0 Å². The molecule has 1 N–H and O–H groups in total. The van der Waals surface area contributed by atoms with Gasteiger partial charge in [0.25, 0.3) is 0 Å². The highest BCUT2D eigenvalue weighted by Gasteiger charge is 2.00. The summed E-state index contributed by atoms with van der Waals surface area (Å²) >= 11 is 11.6. The van der Waals surface area contributed by atoms with Crippen LogP contribution in [-0.2, 0) is 0 Å². The minimum absolute atomic E-state index is 0.220. The van der Waals surface area contributed by atoms with E-state index in [1.807, 2.05) is 19.1 Å². The lowest BCUT2D eigenvalue weighted by Crippen LogP contribution is -2.10. The summed E-state index contributed by atoms with van der Waals surface area (Å²) in [5.41, 5.74) is 0.946. The van der Waals surface area contributed by atoms with E-state index in [4.69, 9.17) is 23.2 Å². The van der Waals surface area contributed by atoms with Gasteiger partial charge in [-0.2, -0.15) is 0 Å². The van der Waals surface area contributed by atoms with Crippen LogP contribution >= 0.6 is 23.2 Å². The average Bonchev–Trinajstić information content (AvgIpc) is 2.11. The Morgan fingerprint density at radius 2 is 2.08 bits per heavy atom. The molecule has 13 heavy (non-hydrogen) atoms. The van der Waals surface area contributed by atoms with Crippen LogP contribution < -0.4 is 5.32 Å². The van der Waals surface area contributed by atoms with Gasteiger partial charge < -0.3 is 5.32 Å². The maximum atomic E-state index is 5.84. The SMILES string of the molecule is C=CC(C)Nc1ccc(Cl)c(Cl)c1. The molecule has 0 aliphatic heterocycles. The Bertz CT molecular complexity index is 310. The van der Waals surface area contributed by atoms with E-state index >= 15 is 0 Å². The van der Waals surface area contributed by atoms with Gasteiger partial charge in [-0.1, -0.05) is 29.3 Å². The fourth-order valence-corrected chi connectivity index (χ4v) is 1.21. The van der Waals surface area contributed by atoms with Crippen molar-refractivity contribution < 1.29 is 0 Å². The largest absolute Gasteiger partial charge is 0.379 e. The predicted molar refractivity (Wildman–Crippen MR) is 59.7 cm³/mol. The molecular formula is C10H11Cl2N. The van der Waals surface area contributed by atoms with Gasteiger partial charge >= 0.3 is 0 Å². The van der Waals surface area contributed by atoms with Crippen LogP contribution in [0, 0.1) is 0 Å². The lowest BCUT2D eigenvalue weighted by molar-refractivity contribution is 1.00. The summed E-state index contributed by atoms with van der Waals surface area (Å²) in [7, 11) is 0. The molecule has 1 unspecified atom stereocenters. The number of benzene rings is 1. The van der Waals surface area contributed by atoms with Crippen molar-refractivity contribution >= 4 is 28.9 Å². The van der Waals surface area contributed by atoms with Crippen molar-refractivity contribution in [1.29, 1.82) is 0 Å². The van der Waals surface area contributed by atoms with Crippen LogP contribution in [0.3, 0.4) is 0 Å². The molecule has 0 bridgehead atoms. The van der Waals surface area contributed by atoms with Crippen molar-refractivity contribution in [2.45, 2.75) is 13.0 Å². The van der Waals surface area contributed by atoms with Crippen molar-refractivity contribution in [3.8, 4) is 0 Å². The highest BCUT2D eigenvalue weighted by Crippen LogP contribution is 2.25. The highest BCUT2D eigenvalue weighted by atomic mass is 35.5. The molecule has 0 spiro atoms. The minimum atomic E-state index is 0.220. The molecular weight excluding hydrogens is 205 g/mol. The van der Waals surface area contributed by atoms with E-state index in [0.29, 0.717) is 10.0 Å². The van der Waals surface area contributed by atoms with Gasteiger partial charge in [-0.05, 0) is 25.1 Å². The van der Waals surface area contributed by atoms with Gasteiger partial charge in [0.05, 0.1) is 10.0 Å². The summed E-state index contributed by atoms with van der Waals surface area (Å²) in [5.74, 6) is 0. The molecule has 0 aliphatic carbocycles. The van der Waals surface area contributed by atoms with Crippen LogP contribution in [0.2, 0.25) is 10.0 Å². The molecule has 1 aromatic carbocycles. The summed E-state index contributed by atoms with van der Waals surface area (Å²) in [5, 5.41) is 4.32. The number of rotatable bonds is 3. The van der Waals surface area contributed by atoms with Crippen molar-refractivity contribution in [2.75, 3.05) is 5.32 Å². The Kier molecular flexibility index (Phi) is 3.64. The maximum absolute atomic E-state index is 5.84. The zero-order chi connectivity index (χ0) is 9.84. The first-order valence-corrected chi connectivity index (χ1v) is 4.73. The fourth-order valence-electron chi connectivity index (χ4n) is 0.908. The first-order valence-electron chi connectivity index (χ1n) is 3.97. The Balaban J connectivity index is 2.79. The van der Waals surface area contributed by atoms with Gasteiger partial charge in [0, 0.05) is 11.7 Å². The second-order valence-corrected chi connectivity index (χ2v) is 3.61. The average molecular weight is 216 g/mol. The molecule has 3 heteroatoms. The molecule has 0 radical (unpaired) electrons. The second-order valence-electron chi connectivity index (χ2n) is 2.80. The van der Waals surface area contributed by atoms with E-state index in [1.165, 1.54) is 0 Å². The standard InChI is InChI=1S/C10H11Cl2N/c1-3-7(2)13-8-4-5-9(11)10(12)6-8/h3-7,13H,1H2,2H3. The van der Waals surface area contributed by atoms with E-state index in [2.05, 4.69) is 11.9 Å². The topological polar surface area (TPSA) is 12.0 Å². The third-order valence-corrected chi connectivity index (χ3v) is 2.41. The van der Waals surface area contributed by atoms with E-state index < -0.39 is 0 Å². The molecule has 1 rings (SSSR count). The molecule has 70 valence electrons. The molecule has 0 amide bonds. The summed E-state index contributed by atoms with van der Waals surface area (Å²) in [6, 6.07) is 5.66. The zero-order valence-electron chi connectivity index (χ0n) is 7.35. The van der Waals surface area contributed by atoms with Gasteiger partial charge in [0.2, 0.25) is 0 Å². The van der Waals surface area contributed by atoms with Crippen LogP contribution in [0.4, 0.5) is 5.69 Å². The number of hydrogen-bond acceptors (Lipinski definition) is 1. The van der Waals surface area contributed by atoms with E-state index in [0.717, 1.165) is 5.69 Å². The third kappa shape index (κ3) is 2.94. The number of nitrogens with one attached hydrogen (secondary N) is 1. The lowest BCUT2D eigenvalue weighted by Gasteiger charge is -2.11. The molecule has 1 atom stereocenters. The van der Waals surface area contributed by atoms with E-state index in [1.54, 1.807) is 12.1 Å². The van der Waals surface area contributed by atoms with Gasteiger partial charge in [-0.15, -0.1) is 6.58 Å². The molecule has 0 aliphatic rings. The number of halogens is 2. The van der Waals surface area contributed by atoms with Crippen LogP contribution in [0.5, 0.6) is 0 Å². The summed E-state index contributed by atoms with van der Waals surface area (Å²) in [6.07, 6.45) is 1.82. The smallest absolute Gasteiger partial charge is 0.0612 e. The molecule has 1 aromatic rings. The van der Waals surface area contributed by atoms with Crippen molar-refractivity contribution in [1.82, 2.24) is 0 Å². The third-order valence-electron chi connectivity index (χ3n) is 1.67. The lowest BCUT2D eigenvalue weighted by atomic mass is 10.2. The summed E-state index contributed by atoms with van der Waals surface area (Å²) in [4.78, 5) is 0. The number of anilines is 1. The first kappa shape index (κ1) is 10.4. The van der Waals surface area contributed by atoms with Gasteiger partial charge in [0.1, 0.15) is 0 Å². The Hall–Kier alpha value is -0.660. The van der Waals surface area contributed by atoms with Gasteiger partial charge in [0.15, 0.2) is 0 Å². The normalized spacial score (nSPS) is 12.2. The van der Waals surface area contributed by atoms with Crippen LogP contribution in [-0.4, -0.2) is 6.04 Å². The molecule has 0 saturated heterocycles. The van der Waals surface area contributed by atoms with Crippen molar-refractivity contribution in [2.24, 2.45) is 0 Å². The van der Waals surface area contributed by atoms with Crippen LogP contribution in [0.1, 0.15) is 6.92 Å². The maximum Gasteiger partial charge on any atom is 0.0612 e. The molecule has 1 nitrogen and oxygen atoms in total. The van der Waals surface area contributed by atoms with E-state index in [9.17, 15) is 0 Å². The Morgan fingerprint density at radius 3 is 2.62 bits per heavy atom. The molecule has 0 heterocycles. The first-order chi connectivity index (χ1) is 6.13. The summed E-state index contributed by atoms with van der Waals surface area (Å²) in [6.45, 7) is 5.68. The van der Waals surface area contributed by atoms with Crippen molar-refractivity contribution in [3.63, 3.8) is 0 Å². The Morgan fingerprint density at radius 1 is 1.38 bits per heavy atom. The zero-order valence-corrected chi connectivity index (χ0v) is 8.86. The highest BCUT2D eigenvalue weighted by molar-refractivity contribution is 6.42. The number of hydrogen-bond donors (Lipinski definition) is 1. The van der Waals surface area contributed by atoms with E-state index in [-0.39, 0.29) is 6.04 Å². The Labute approximate surface area is 88.4 Å². The predicted octanol–water partition coefficient (Wildman–Crippen LogP) is 3.98. The van der Waals surface area contributed by atoms with Crippen LogP contribution in [0.25, 0.3) is 0 Å². The quantitative estimate of drug-likeness (QED) is 0.753. The van der Waals surface area contributed by atoms with Crippen molar-refractivity contribution in [3.05, 3.63) is 40.9 Å².